The molecule has 0 N–H and O–H groups in total. The zero-order valence-electron chi connectivity index (χ0n) is 19.8. The molecule has 0 aliphatic heterocycles. The molecule has 0 fully saturated rings. The van der Waals surface area contributed by atoms with Gasteiger partial charge in [0.1, 0.15) is 5.75 Å². The molecule has 2 heteroatoms. The van der Waals surface area contributed by atoms with Crippen molar-refractivity contribution in [2.75, 3.05) is 7.11 Å². The van der Waals surface area contributed by atoms with Gasteiger partial charge in [-0.15, -0.1) is 0 Å². The molecule has 31 heavy (non-hydrogen) atoms. The van der Waals surface area contributed by atoms with Gasteiger partial charge in [-0.1, -0.05) is 120 Å². The second-order valence-electron chi connectivity index (χ2n) is 8.72. The molecule has 0 amide bonds. The number of methoxy groups -OCH3 is 1. The number of hydrogen-bond donors (Lipinski definition) is 0. The van der Waals surface area contributed by atoms with Crippen LogP contribution in [0.25, 0.3) is 0 Å². The molecule has 0 saturated carbocycles. The van der Waals surface area contributed by atoms with E-state index < -0.39 is 0 Å². The van der Waals surface area contributed by atoms with Crippen LogP contribution in [-0.4, -0.2) is 12.9 Å². The lowest BCUT2D eigenvalue weighted by molar-refractivity contribution is 0.103. The summed E-state index contributed by atoms with van der Waals surface area (Å²) in [6, 6.07) is 15.5. The Bertz CT molecular complexity index is 736. The smallest absolute Gasteiger partial charge is 0.196 e. The number of benzene rings is 2. The molecule has 2 aromatic rings. The van der Waals surface area contributed by atoms with Crippen LogP contribution in [0.5, 0.6) is 5.75 Å². The maximum atomic E-state index is 12.7. The van der Waals surface area contributed by atoms with E-state index in [4.69, 9.17) is 4.74 Å². The highest BCUT2D eigenvalue weighted by Gasteiger charge is 2.14. The first-order chi connectivity index (χ1) is 15.3. The van der Waals surface area contributed by atoms with Crippen molar-refractivity contribution in [3.8, 4) is 5.75 Å². The Morgan fingerprint density at radius 2 is 1.26 bits per heavy atom. The molecule has 0 heterocycles. The largest absolute Gasteiger partial charge is 0.496 e. The topological polar surface area (TPSA) is 26.3 Å². The van der Waals surface area contributed by atoms with Crippen LogP contribution < -0.4 is 4.74 Å². The summed E-state index contributed by atoms with van der Waals surface area (Å²) in [6.07, 6.45) is 18.9. The van der Waals surface area contributed by atoms with E-state index in [1.54, 1.807) is 7.11 Å². The van der Waals surface area contributed by atoms with Crippen LogP contribution in [0.4, 0.5) is 0 Å². The molecular weight excluding hydrogens is 380 g/mol. The van der Waals surface area contributed by atoms with Crippen molar-refractivity contribution in [1.82, 2.24) is 0 Å². The predicted molar refractivity (Wildman–Crippen MR) is 132 cm³/mol. The normalized spacial score (nSPS) is 10.9. The molecule has 0 aromatic heterocycles. The molecule has 0 radical (unpaired) electrons. The molecule has 2 nitrogen and oxygen atoms in total. The lowest BCUT2D eigenvalue weighted by Gasteiger charge is -2.10. The average molecular weight is 423 g/mol. The highest BCUT2D eigenvalue weighted by molar-refractivity contribution is 6.10. The number of aryl methyl sites for hydroxylation is 1. The van der Waals surface area contributed by atoms with E-state index in [1.165, 1.54) is 89.0 Å². The molecule has 2 aromatic carbocycles. The average Bonchev–Trinajstić information content (AvgIpc) is 2.82. The van der Waals surface area contributed by atoms with Crippen molar-refractivity contribution >= 4 is 5.78 Å². The van der Waals surface area contributed by atoms with Crippen molar-refractivity contribution in [2.24, 2.45) is 0 Å². The zero-order valence-corrected chi connectivity index (χ0v) is 19.8. The van der Waals surface area contributed by atoms with Gasteiger partial charge in [0.2, 0.25) is 0 Å². The molecule has 0 spiro atoms. The van der Waals surface area contributed by atoms with Crippen molar-refractivity contribution < 1.29 is 9.53 Å². The van der Waals surface area contributed by atoms with Crippen LogP contribution in [0.15, 0.2) is 48.5 Å². The summed E-state index contributed by atoms with van der Waals surface area (Å²) < 4.78 is 5.53. The van der Waals surface area contributed by atoms with Gasteiger partial charge in [-0.3, -0.25) is 4.79 Å². The molecule has 0 bridgehead atoms. The van der Waals surface area contributed by atoms with Crippen molar-refractivity contribution in [1.29, 1.82) is 0 Å². The summed E-state index contributed by atoms with van der Waals surface area (Å²) >= 11 is 0. The van der Waals surface area contributed by atoms with Gasteiger partial charge in [-0.2, -0.15) is 0 Å². The Morgan fingerprint density at radius 1 is 0.710 bits per heavy atom. The van der Waals surface area contributed by atoms with E-state index in [1.807, 2.05) is 42.5 Å². The van der Waals surface area contributed by atoms with Crippen molar-refractivity contribution in [2.45, 2.75) is 96.8 Å². The lowest BCUT2D eigenvalue weighted by Crippen LogP contribution is -2.04. The molecule has 0 saturated heterocycles. The highest BCUT2D eigenvalue weighted by Crippen LogP contribution is 2.24. The van der Waals surface area contributed by atoms with Gasteiger partial charge in [0.25, 0.3) is 0 Å². The van der Waals surface area contributed by atoms with Crippen LogP contribution in [0.2, 0.25) is 0 Å². The highest BCUT2D eigenvalue weighted by atomic mass is 16.5. The van der Waals surface area contributed by atoms with Crippen LogP contribution >= 0.6 is 0 Å². The first kappa shape index (κ1) is 25.2. The quantitative estimate of drug-likeness (QED) is 0.188. The molecule has 2 rings (SSSR count). The summed E-state index contributed by atoms with van der Waals surface area (Å²) in [5.74, 6) is 0.700. The van der Waals surface area contributed by atoms with Crippen LogP contribution in [0, 0.1) is 0 Å². The molecule has 0 unspecified atom stereocenters. The van der Waals surface area contributed by atoms with Gasteiger partial charge >= 0.3 is 0 Å². The van der Waals surface area contributed by atoms with Crippen LogP contribution in [-0.2, 0) is 6.42 Å². The standard InChI is InChI=1S/C29H42O2/c1-3-4-5-6-7-8-9-10-11-12-13-14-16-19-25-22-23-27(28(24-25)31-2)29(30)26-20-17-15-18-21-26/h15,17-18,20-24H,3-14,16,19H2,1-2H3. The maximum absolute atomic E-state index is 12.7. The predicted octanol–water partition coefficient (Wildman–Crippen LogP) is 8.56. The van der Waals surface area contributed by atoms with Crippen LogP contribution in [0.3, 0.4) is 0 Å². The monoisotopic (exact) mass is 422 g/mol. The van der Waals surface area contributed by atoms with Gasteiger partial charge in [0.05, 0.1) is 12.7 Å². The molecule has 170 valence electrons. The van der Waals surface area contributed by atoms with Gasteiger partial charge in [-0.25, -0.2) is 0 Å². The van der Waals surface area contributed by atoms with E-state index in [-0.39, 0.29) is 5.78 Å². The third-order valence-corrected chi connectivity index (χ3v) is 6.12. The minimum Gasteiger partial charge on any atom is -0.496 e. The summed E-state index contributed by atoms with van der Waals surface area (Å²) in [6.45, 7) is 2.28. The fraction of sp³-hybridized carbons (Fsp3) is 0.552. The summed E-state index contributed by atoms with van der Waals surface area (Å²) in [4.78, 5) is 12.7. The summed E-state index contributed by atoms with van der Waals surface area (Å²) in [5, 5.41) is 0. The number of hydrogen-bond acceptors (Lipinski definition) is 2. The number of carbonyl (C=O) groups is 1. The van der Waals surface area contributed by atoms with Gasteiger partial charge in [0.15, 0.2) is 5.78 Å². The number of ketones is 1. The Hall–Kier alpha value is -2.09. The molecule has 0 aliphatic carbocycles. The van der Waals surface area contributed by atoms with E-state index in [9.17, 15) is 4.79 Å². The fourth-order valence-corrected chi connectivity index (χ4v) is 4.17. The minimum absolute atomic E-state index is 0.0185. The Labute approximate surface area is 190 Å². The second-order valence-corrected chi connectivity index (χ2v) is 8.72. The number of ether oxygens (including phenoxy) is 1. The molecule has 0 atom stereocenters. The summed E-state index contributed by atoms with van der Waals surface area (Å²) in [7, 11) is 1.64. The fourth-order valence-electron chi connectivity index (χ4n) is 4.17. The summed E-state index contributed by atoms with van der Waals surface area (Å²) in [5.41, 5.74) is 2.59. The first-order valence-electron chi connectivity index (χ1n) is 12.5. The molecule has 0 aliphatic rings. The third kappa shape index (κ3) is 9.72. The SMILES string of the molecule is CCCCCCCCCCCCCCCc1ccc(C(=O)c2ccccc2)c(OC)c1. The van der Waals surface area contributed by atoms with E-state index in [0.29, 0.717) is 16.9 Å². The minimum atomic E-state index is 0.0185. The van der Waals surface area contributed by atoms with E-state index >= 15 is 0 Å². The number of carbonyl (C=O) groups excluding carboxylic acids is 1. The first-order valence-corrected chi connectivity index (χ1v) is 12.5. The van der Waals surface area contributed by atoms with Gasteiger partial charge < -0.3 is 4.74 Å². The van der Waals surface area contributed by atoms with E-state index in [2.05, 4.69) is 13.0 Å². The Kier molecular flexibility index (Phi) is 12.7. The van der Waals surface area contributed by atoms with Crippen molar-refractivity contribution in [3.05, 3.63) is 65.2 Å². The maximum Gasteiger partial charge on any atom is 0.196 e. The van der Waals surface area contributed by atoms with E-state index in [0.717, 1.165) is 6.42 Å². The second kappa shape index (κ2) is 15.7. The number of unbranched alkanes of at least 4 members (excludes halogenated alkanes) is 12. The van der Waals surface area contributed by atoms with Gasteiger partial charge in [-0.05, 0) is 30.5 Å². The Morgan fingerprint density at radius 3 is 1.81 bits per heavy atom. The Balaban J connectivity index is 1.61. The van der Waals surface area contributed by atoms with Crippen LogP contribution in [0.1, 0.15) is 112 Å². The van der Waals surface area contributed by atoms with Crippen molar-refractivity contribution in [3.63, 3.8) is 0 Å². The third-order valence-electron chi connectivity index (χ3n) is 6.12. The number of rotatable bonds is 17. The zero-order chi connectivity index (χ0) is 22.2. The molecular formula is C29H42O2. The van der Waals surface area contributed by atoms with Gasteiger partial charge in [0, 0.05) is 5.56 Å². The lowest BCUT2D eigenvalue weighted by atomic mass is 9.98.